The summed E-state index contributed by atoms with van der Waals surface area (Å²) in [5.41, 5.74) is 2.74. The lowest BCUT2D eigenvalue weighted by molar-refractivity contribution is -0.122. The molecule has 31 heavy (non-hydrogen) atoms. The van der Waals surface area contributed by atoms with Crippen LogP contribution in [0.15, 0.2) is 41.0 Å². The molecule has 7 heteroatoms. The van der Waals surface area contributed by atoms with Crippen LogP contribution in [-0.2, 0) is 16.1 Å². The van der Waals surface area contributed by atoms with E-state index in [-0.39, 0.29) is 23.8 Å². The molecule has 0 bridgehead atoms. The van der Waals surface area contributed by atoms with Crippen molar-refractivity contribution >= 4 is 23.2 Å². The van der Waals surface area contributed by atoms with Crippen molar-refractivity contribution in [2.45, 2.75) is 44.8 Å². The fourth-order valence-electron chi connectivity index (χ4n) is 4.16. The van der Waals surface area contributed by atoms with Crippen LogP contribution in [0, 0.1) is 5.92 Å². The number of carbonyl (C=O) groups excluding carboxylic acids is 2. The summed E-state index contributed by atoms with van der Waals surface area (Å²) in [5, 5.41) is 3.05. The van der Waals surface area contributed by atoms with E-state index in [2.05, 4.69) is 5.32 Å². The second-order valence-corrected chi connectivity index (χ2v) is 8.65. The zero-order chi connectivity index (χ0) is 21.8. The third-order valence-electron chi connectivity index (χ3n) is 6.13. The minimum Gasteiger partial charge on any atom is -0.459 e. The van der Waals surface area contributed by atoms with Crippen LogP contribution < -0.4 is 10.2 Å². The fraction of sp³-hybridized carbons (Fsp3) is 0.500. The van der Waals surface area contributed by atoms with Crippen LogP contribution in [0.1, 0.15) is 48.2 Å². The number of furan rings is 1. The lowest BCUT2D eigenvalue weighted by Crippen LogP contribution is -2.37. The molecule has 0 spiro atoms. The Bertz CT molecular complexity index is 900. The monoisotopic (exact) mass is 425 g/mol. The highest BCUT2D eigenvalue weighted by Crippen LogP contribution is 2.30. The number of nitrogens with zero attached hydrogens (tertiary/aromatic N) is 2. The number of benzene rings is 1. The lowest BCUT2D eigenvalue weighted by Gasteiger charge is -2.28. The number of carbonyl (C=O) groups is 2. The summed E-state index contributed by atoms with van der Waals surface area (Å²) in [4.78, 5) is 29.4. The van der Waals surface area contributed by atoms with E-state index in [0.717, 1.165) is 55.6 Å². The third-order valence-corrected chi connectivity index (χ3v) is 6.13. The van der Waals surface area contributed by atoms with Gasteiger partial charge >= 0.3 is 0 Å². The molecule has 0 radical (unpaired) electrons. The summed E-state index contributed by atoms with van der Waals surface area (Å²) in [6.45, 7) is 1.64. The van der Waals surface area contributed by atoms with E-state index in [1.54, 1.807) is 17.0 Å². The highest BCUT2D eigenvalue weighted by Gasteiger charge is 2.27. The van der Waals surface area contributed by atoms with Gasteiger partial charge in [0.2, 0.25) is 5.91 Å². The summed E-state index contributed by atoms with van der Waals surface area (Å²) in [6.07, 6.45) is 6.54. The molecule has 1 aliphatic carbocycles. The summed E-state index contributed by atoms with van der Waals surface area (Å²) in [7, 11) is 3.95. The zero-order valence-corrected chi connectivity index (χ0v) is 18.3. The first kappa shape index (κ1) is 21.4. The van der Waals surface area contributed by atoms with Crippen LogP contribution >= 0.6 is 0 Å². The van der Waals surface area contributed by atoms with E-state index in [4.69, 9.17) is 9.15 Å². The Morgan fingerprint density at radius 3 is 2.58 bits per heavy atom. The molecule has 1 aliphatic heterocycles. The normalized spacial score (nSPS) is 18.5. The van der Waals surface area contributed by atoms with E-state index in [1.807, 2.05) is 37.2 Å². The van der Waals surface area contributed by atoms with Gasteiger partial charge in [-0.25, -0.2) is 0 Å². The van der Waals surface area contributed by atoms with Gasteiger partial charge in [-0.05, 0) is 61.6 Å². The first-order valence-electron chi connectivity index (χ1n) is 11.1. The van der Waals surface area contributed by atoms with Crippen molar-refractivity contribution in [1.82, 2.24) is 4.90 Å². The first-order valence-corrected chi connectivity index (χ1v) is 11.1. The lowest BCUT2D eigenvalue weighted by atomic mass is 9.85. The van der Waals surface area contributed by atoms with Crippen molar-refractivity contribution in [1.29, 1.82) is 0 Å². The zero-order valence-electron chi connectivity index (χ0n) is 18.3. The van der Waals surface area contributed by atoms with Crippen LogP contribution in [0.3, 0.4) is 0 Å². The van der Waals surface area contributed by atoms with Crippen molar-refractivity contribution < 1.29 is 18.7 Å². The minimum atomic E-state index is -0.158. The number of hydrogen-bond acceptors (Lipinski definition) is 5. The van der Waals surface area contributed by atoms with Crippen LogP contribution in [0.4, 0.5) is 11.4 Å². The van der Waals surface area contributed by atoms with E-state index < -0.39 is 0 Å². The van der Waals surface area contributed by atoms with Gasteiger partial charge in [-0.2, -0.15) is 0 Å². The SMILES string of the molecule is CN(C)c1ccc(NC(=O)C2CCC2)cc1CN(CC1CCCO1)C(=O)c1ccco1. The van der Waals surface area contributed by atoms with Crippen molar-refractivity contribution in [3.8, 4) is 0 Å². The Morgan fingerprint density at radius 1 is 1.13 bits per heavy atom. The van der Waals surface area contributed by atoms with E-state index >= 15 is 0 Å². The van der Waals surface area contributed by atoms with Crippen LogP contribution in [0.2, 0.25) is 0 Å². The maximum absolute atomic E-state index is 13.2. The van der Waals surface area contributed by atoms with Gasteiger partial charge in [-0.15, -0.1) is 0 Å². The maximum atomic E-state index is 13.2. The van der Waals surface area contributed by atoms with Gasteiger partial charge in [0.25, 0.3) is 5.91 Å². The van der Waals surface area contributed by atoms with E-state index in [0.29, 0.717) is 18.8 Å². The number of amides is 2. The van der Waals surface area contributed by atoms with E-state index in [9.17, 15) is 9.59 Å². The molecule has 1 atom stereocenters. The average molecular weight is 426 g/mol. The molecule has 2 aliphatic rings. The molecule has 2 aromatic rings. The van der Waals surface area contributed by atoms with Crippen LogP contribution in [0.5, 0.6) is 0 Å². The molecule has 7 nitrogen and oxygen atoms in total. The van der Waals surface area contributed by atoms with Gasteiger partial charge in [-0.1, -0.05) is 6.42 Å². The Morgan fingerprint density at radius 2 is 1.97 bits per heavy atom. The Hall–Kier alpha value is -2.80. The molecule has 1 aromatic heterocycles. The van der Waals surface area contributed by atoms with Gasteiger partial charge in [0, 0.05) is 51.1 Å². The van der Waals surface area contributed by atoms with Crippen molar-refractivity contribution in [3.63, 3.8) is 0 Å². The van der Waals surface area contributed by atoms with Crippen LogP contribution in [0.25, 0.3) is 0 Å². The molecule has 1 unspecified atom stereocenters. The molecule has 1 aromatic carbocycles. The molecule has 4 rings (SSSR count). The Kier molecular flexibility index (Phi) is 6.61. The smallest absolute Gasteiger partial charge is 0.289 e. The van der Waals surface area contributed by atoms with Gasteiger partial charge in [0.05, 0.1) is 12.4 Å². The predicted molar refractivity (Wildman–Crippen MR) is 119 cm³/mol. The van der Waals surface area contributed by atoms with E-state index in [1.165, 1.54) is 6.26 Å². The number of rotatable bonds is 8. The highest BCUT2D eigenvalue weighted by atomic mass is 16.5. The molecule has 1 N–H and O–H groups in total. The minimum absolute atomic E-state index is 0.0308. The Labute approximate surface area is 183 Å². The second kappa shape index (κ2) is 9.56. The largest absolute Gasteiger partial charge is 0.459 e. The summed E-state index contributed by atoms with van der Waals surface area (Å²) in [6, 6.07) is 9.30. The number of anilines is 2. The first-order chi connectivity index (χ1) is 15.0. The van der Waals surface area contributed by atoms with Crippen molar-refractivity contribution in [3.05, 3.63) is 47.9 Å². The average Bonchev–Trinajstić information content (AvgIpc) is 3.39. The quantitative estimate of drug-likeness (QED) is 0.694. The Balaban J connectivity index is 1.57. The van der Waals surface area contributed by atoms with Crippen molar-refractivity contribution in [2.24, 2.45) is 5.92 Å². The summed E-state index contributed by atoms with van der Waals surface area (Å²) < 4.78 is 11.2. The molecule has 1 saturated heterocycles. The molecular formula is C24H31N3O4. The summed E-state index contributed by atoms with van der Waals surface area (Å²) >= 11 is 0. The second-order valence-electron chi connectivity index (χ2n) is 8.65. The number of ether oxygens (including phenoxy) is 1. The molecule has 1 saturated carbocycles. The molecular weight excluding hydrogens is 394 g/mol. The number of hydrogen-bond donors (Lipinski definition) is 1. The standard InChI is InChI=1S/C24H31N3O4/c1-26(2)21-11-10-19(25-23(28)17-6-3-7-17)14-18(21)15-27(16-20-8-4-12-30-20)24(29)22-9-5-13-31-22/h5,9-11,13-14,17,20H,3-4,6-8,12,15-16H2,1-2H3,(H,25,28). The number of nitrogens with one attached hydrogen (secondary N) is 1. The van der Waals surface area contributed by atoms with Gasteiger partial charge < -0.3 is 24.3 Å². The molecule has 2 fully saturated rings. The van der Waals surface area contributed by atoms with Gasteiger partial charge in [0.15, 0.2) is 5.76 Å². The highest BCUT2D eigenvalue weighted by molar-refractivity contribution is 5.93. The maximum Gasteiger partial charge on any atom is 0.289 e. The summed E-state index contributed by atoms with van der Waals surface area (Å²) in [5.74, 6) is 0.360. The fourth-order valence-corrected chi connectivity index (χ4v) is 4.16. The third kappa shape index (κ3) is 5.10. The predicted octanol–water partition coefficient (Wildman–Crippen LogP) is 3.91. The van der Waals surface area contributed by atoms with Gasteiger partial charge in [-0.3, -0.25) is 9.59 Å². The van der Waals surface area contributed by atoms with Crippen LogP contribution in [-0.4, -0.2) is 50.1 Å². The van der Waals surface area contributed by atoms with Gasteiger partial charge in [0.1, 0.15) is 0 Å². The molecule has 166 valence electrons. The topological polar surface area (TPSA) is 75.0 Å². The molecule has 2 amide bonds. The van der Waals surface area contributed by atoms with Crippen molar-refractivity contribution in [2.75, 3.05) is 37.5 Å². The molecule has 2 heterocycles.